The van der Waals surface area contributed by atoms with Gasteiger partial charge in [-0.3, -0.25) is 0 Å². The molecule has 19 heavy (non-hydrogen) atoms. The third-order valence-corrected chi connectivity index (χ3v) is 5.28. The Bertz CT molecular complexity index is 457. The first kappa shape index (κ1) is 13.1. The molecule has 0 aromatic heterocycles. The van der Waals surface area contributed by atoms with E-state index >= 15 is 0 Å². The van der Waals surface area contributed by atoms with Gasteiger partial charge in [0.1, 0.15) is 0 Å². The van der Waals surface area contributed by atoms with E-state index in [4.69, 9.17) is 10.5 Å². The second kappa shape index (κ2) is 5.26. The van der Waals surface area contributed by atoms with Gasteiger partial charge < -0.3 is 10.5 Å². The Kier molecular flexibility index (Phi) is 3.64. The molecule has 4 atom stereocenters. The van der Waals surface area contributed by atoms with E-state index in [0.29, 0.717) is 5.92 Å². The maximum atomic E-state index is 6.53. The van der Waals surface area contributed by atoms with E-state index < -0.39 is 0 Å². The van der Waals surface area contributed by atoms with Gasteiger partial charge in [0.2, 0.25) is 0 Å². The fraction of sp³-hybridized carbons (Fsp3) is 0.647. The van der Waals surface area contributed by atoms with Gasteiger partial charge in [0, 0.05) is 6.04 Å². The van der Waals surface area contributed by atoms with E-state index in [-0.39, 0.29) is 6.04 Å². The van der Waals surface area contributed by atoms with Crippen LogP contribution in [0.2, 0.25) is 0 Å². The first-order chi connectivity index (χ1) is 9.15. The molecule has 2 nitrogen and oxygen atoms in total. The summed E-state index contributed by atoms with van der Waals surface area (Å²) in [6.07, 6.45) is 3.88. The van der Waals surface area contributed by atoms with Crippen LogP contribution in [0, 0.1) is 17.8 Å². The van der Waals surface area contributed by atoms with Crippen LogP contribution < -0.4 is 5.73 Å². The second-order valence-corrected chi connectivity index (χ2v) is 6.57. The summed E-state index contributed by atoms with van der Waals surface area (Å²) < 4.78 is 5.49. The van der Waals surface area contributed by atoms with Crippen LogP contribution in [0.15, 0.2) is 18.2 Å². The minimum absolute atomic E-state index is 0.195. The van der Waals surface area contributed by atoms with Crippen LogP contribution in [0.1, 0.15) is 55.8 Å². The summed E-state index contributed by atoms with van der Waals surface area (Å²) in [6, 6.07) is 6.88. The van der Waals surface area contributed by atoms with E-state index in [0.717, 1.165) is 25.0 Å². The van der Waals surface area contributed by atoms with Crippen molar-refractivity contribution in [1.82, 2.24) is 0 Å². The summed E-state index contributed by atoms with van der Waals surface area (Å²) in [7, 11) is 0. The number of hydrogen-bond acceptors (Lipinski definition) is 2. The molecule has 0 amide bonds. The Balaban J connectivity index is 1.75. The summed E-state index contributed by atoms with van der Waals surface area (Å²) in [5, 5.41) is 0. The SMILES string of the molecule is CC1CCC(C(N)c2ccc3c(c2)COC3)CC1C. The lowest BCUT2D eigenvalue weighted by Crippen LogP contribution is -2.29. The van der Waals surface area contributed by atoms with Crippen molar-refractivity contribution in [2.75, 3.05) is 0 Å². The Morgan fingerprint density at radius 1 is 1.11 bits per heavy atom. The molecular weight excluding hydrogens is 234 g/mol. The maximum absolute atomic E-state index is 6.53. The van der Waals surface area contributed by atoms with Crippen molar-refractivity contribution in [3.8, 4) is 0 Å². The van der Waals surface area contributed by atoms with Crippen molar-refractivity contribution < 1.29 is 4.74 Å². The molecule has 0 saturated heterocycles. The van der Waals surface area contributed by atoms with Gasteiger partial charge in [-0.05, 0) is 47.3 Å². The van der Waals surface area contributed by atoms with E-state index in [9.17, 15) is 0 Å². The van der Waals surface area contributed by atoms with Crippen LogP contribution in [0.3, 0.4) is 0 Å². The van der Waals surface area contributed by atoms with E-state index in [1.54, 1.807) is 0 Å². The molecule has 1 aliphatic carbocycles. The average molecular weight is 259 g/mol. The largest absolute Gasteiger partial charge is 0.372 e. The van der Waals surface area contributed by atoms with Crippen LogP contribution in [-0.2, 0) is 18.0 Å². The van der Waals surface area contributed by atoms with E-state index in [1.807, 2.05) is 0 Å². The molecule has 0 spiro atoms. The Hall–Kier alpha value is -0.860. The lowest BCUT2D eigenvalue weighted by molar-refractivity contribution is 0.134. The maximum Gasteiger partial charge on any atom is 0.0725 e. The number of rotatable bonds is 2. The highest BCUT2D eigenvalue weighted by atomic mass is 16.5. The van der Waals surface area contributed by atoms with Crippen LogP contribution in [-0.4, -0.2) is 0 Å². The van der Waals surface area contributed by atoms with Crippen LogP contribution >= 0.6 is 0 Å². The molecule has 2 heteroatoms. The second-order valence-electron chi connectivity index (χ2n) is 6.57. The highest BCUT2D eigenvalue weighted by molar-refractivity contribution is 5.34. The molecule has 104 valence electrons. The fourth-order valence-corrected chi connectivity index (χ4v) is 3.59. The molecule has 3 rings (SSSR count). The smallest absolute Gasteiger partial charge is 0.0725 e. The van der Waals surface area contributed by atoms with Crippen molar-refractivity contribution in [2.45, 2.75) is 52.4 Å². The Morgan fingerprint density at radius 3 is 2.68 bits per heavy atom. The molecule has 1 saturated carbocycles. The van der Waals surface area contributed by atoms with Gasteiger partial charge in [0.05, 0.1) is 13.2 Å². The van der Waals surface area contributed by atoms with Crippen LogP contribution in [0.5, 0.6) is 0 Å². The highest BCUT2D eigenvalue weighted by Gasteiger charge is 2.29. The number of hydrogen-bond donors (Lipinski definition) is 1. The summed E-state index contributed by atoms with van der Waals surface area (Å²) in [4.78, 5) is 0. The monoisotopic (exact) mass is 259 g/mol. The van der Waals surface area contributed by atoms with Gasteiger partial charge in [-0.2, -0.15) is 0 Å². The average Bonchev–Trinajstić information content (AvgIpc) is 2.88. The zero-order valence-electron chi connectivity index (χ0n) is 12.1. The van der Waals surface area contributed by atoms with Crippen LogP contribution in [0.4, 0.5) is 0 Å². The number of nitrogens with two attached hydrogens (primary N) is 1. The van der Waals surface area contributed by atoms with E-state index in [2.05, 4.69) is 32.0 Å². The van der Waals surface area contributed by atoms with E-state index in [1.165, 1.54) is 36.0 Å². The molecule has 1 heterocycles. The molecule has 1 aromatic rings. The Labute approximate surface area is 116 Å². The van der Waals surface area contributed by atoms with Gasteiger partial charge in [-0.15, -0.1) is 0 Å². The summed E-state index contributed by atoms with van der Waals surface area (Å²) in [6.45, 7) is 6.27. The van der Waals surface area contributed by atoms with Crippen molar-refractivity contribution in [1.29, 1.82) is 0 Å². The van der Waals surface area contributed by atoms with Crippen molar-refractivity contribution in [3.63, 3.8) is 0 Å². The standard InChI is InChI=1S/C17H25NO/c1-11-3-4-13(7-12(11)2)17(18)14-5-6-15-9-19-10-16(15)8-14/h5-6,8,11-13,17H,3-4,7,9-10,18H2,1-2H3. The fourth-order valence-electron chi connectivity index (χ4n) is 3.59. The number of benzene rings is 1. The topological polar surface area (TPSA) is 35.2 Å². The van der Waals surface area contributed by atoms with Gasteiger partial charge in [-0.25, -0.2) is 0 Å². The minimum atomic E-state index is 0.195. The third kappa shape index (κ3) is 2.56. The Morgan fingerprint density at radius 2 is 1.89 bits per heavy atom. The van der Waals surface area contributed by atoms with Crippen molar-refractivity contribution in [3.05, 3.63) is 34.9 Å². The molecule has 1 fully saturated rings. The molecule has 0 bridgehead atoms. The predicted molar refractivity (Wildman–Crippen MR) is 77.5 cm³/mol. The highest BCUT2D eigenvalue weighted by Crippen LogP contribution is 2.39. The molecule has 4 unspecified atom stereocenters. The minimum Gasteiger partial charge on any atom is -0.372 e. The molecular formula is C17H25NO. The van der Waals surface area contributed by atoms with Gasteiger partial charge >= 0.3 is 0 Å². The molecule has 1 aliphatic heterocycles. The predicted octanol–water partition coefficient (Wildman–Crippen LogP) is 3.79. The summed E-state index contributed by atoms with van der Waals surface area (Å²) in [5.74, 6) is 2.31. The van der Waals surface area contributed by atoms with Crippen molar-refractivity contribution in [2.24, 2.45) is 23.5 Å². The van der Waals surface area contributed by atoms with Gasteiger partial charge in [-0.1, -0.05) is 38.5 Å². The lowest BCUT2D eigenvalue weighted by Gasteiger charge is -2.35. The summed E-state index contributed by atoms with van der Waals surface area (Å²) in [5.41, 5.74) is 10.5. The van der Waals surface area contributed by atoms with Gasteiger partial charge in [0.15, 0.2) is 0 Å². The van der Waals surface area contributed by atoms with Crippen LogP contribution in [0.25, 0.3) is 0 Å². The normalized spacial score (nSPS) is 32.1. The molecule has 2 N–H and O–H groups in total. The summed E-state index contributed by atoms with van der Waals surface area (Å²) >= 11 is 0. The third-order valence-electron chi connectivity index (χ3n) is 5.28. The number of fused-ring (bicyclic) bond motifs is 1. The molecule has 0 radical (unpaired) electrons. The lowest BCUT2D eigenvalue weighted by atomic mass is 9.72. The molecule has 1 aromatic carbocycles. The number of ether oxygens (including phenoxy) is 1. The first-order valence-electron chi connectivity index (χ1n) is 7.60. The molecule has 2 aliphatic rings. The van der Waals surface area contributed by atoms with Gasteiger partial charge in [0.25, 0.3) is 0 Å². The van der Waals surface area contributed by atoms with Crippen molar-refractivity contribution >= 4 is 0 Å². The zero-order valence-corrected chi connectivity index (χ0v) is 12.1. The zero-order chi connectivity index (χ0) is 13.4. The first-order valence-corrected chi connectivity index (χ1v) is 7.60. The quantitative estimate of drug-likeness (QED) is 0.877.